The molecule has 19 heavy (non-hydrogen) atoms. The van der Waals surface area contributed by atoms with Crippen LogP contribution in [-0.4, -0.2) is 29.7 Å². The van der Waals surface area contributed by atoms with Crippen LogP contribution in [0.25, 0.3) is 0 Å². The molecule has 5 nitrogen and oxygen atoms in total. The van der Waals surface area contributed by atoms with Gasteiger partial charge in [0.1, 0.15) is 6.04 Å². The van der Waals surface area contributed by atoms with Gasteiger partial charge in [-0.05, 0) is 17.3 Å². The van der Waals surface area contributed by atoms with Gasteiger partial charge in [0.2, 0.25) is 0 Å². The molecule has 0 aromatic heterocycles. The molecule has 0 spiro atoms. The summed E-state index contributed by atoms with van der Waals surface area (Å²) >= 11 is 0. The van der Waals surface area contributed by atoms with E-state index in [-0.39, 0.29) is 11.3 Å². The van der Waals surface area contributed by atoms with Gasteiger partial charge in [-0.1, -0.05) is 48.0 Å². The van der Waals surface area contributed by atoms with E-state index in [1.807, 2.05) is 13.8 Å². The van der Waals surface area contributed by atoms with E-state index < -0.39 is 18.0 Å². The Bertz CT molecular complexity index is 310. The van der Waals surface area contributed by atoms with Crippen LogP contribution in [-0.2, 0) is 4.79 Å². The molecule has 3 N–H and O–H groups in total. The lowest BCUT2D eigenvalue weighted by Gasteiger charge is -2.28. The van der Waals surface area contributed by atoms with Crippen molar-refractivity contribution in [1.29, 1.82) is 0 Å². The number of carboxylic acids is 1. The fourth-order valence-corrected chi connectivity index (χ4v) is 1.43. The first-order valence-corrected chi connectivity index (χ1v) is 6.86. The minimum Gasteiger partial charge on any atom is -0.480 e. The second-order valence-electron chi connectivity index (χ2n) is 6.32. The van der Waals surface area contributed by atoms with Crippen molar-refractivity contribution in [2.75, 3.05) is 6.54 Å². The summed E-state index contributed by atoms with van der Waals surface area (Å²) in [5, 5.41) is 14.4. The van der Waals surface area contributed by atoms with Crippen molar-refractivity contribution in [3.8, 4) is 0 Å². The van der Waals surface area contributed by atoms with Crippen molar-refractivity contribution >= 4 is 12.0 Å². The number of hydrogen-bond acceptors (Lipinski definition) is 2. The maximum atomic E-state index is 11.7. The molecule has 0 aromatic rings. The smallest absolute Gasteiger partial charge is 0.326 e. The molecule has 3 atom stereocenters. The van der Waals surface area contributed by atoms with Gasteiger partial charge in [-0.3, -0.25) is 0 Å². The number of carbonyl (C=O) groups excluding carboxylic acids is 1. The lowest BCUT2D eigenvalue weighted by Crippen LogP contribution is -2.50. The fraction of sp³-hybridized carbons (Fsp3) is 0.857. The van der Waals surface area contributed by atoms with E-state index in [0.717, 1.165) is 0 Å². The van der Waals surface area contributed by atoms with Crippen LogP contribution >= 0.6 is 0 Å². The molecular weight excluding hydrogens is 244 g/mol. The van der Waals surface area contributed by atoms with Crippen molar-refractivity contribution in [1.82, 2.24) is 10.6 Å². The van der Waals surface area contributed by atoms with Crippen molar-refractivity contribution < 1.29 is 14.7 Å². The molecular formula is C14H28N2O3. The predicted octanol–water partition coefficient (Wildman–Crippen LogP) is 2.47. The molecule has 0 bridgehead atoms. The van der Waals surface area contributed by atoms with Crippen molar-refractivity contribution in [3.05, 3.63) is 0 Å². The number of nitrogens with one attached hydrogen (secondary N) is 2. The summed E-state index contributed by atoms with van der Waals surface area (Å²) in [6.45, 7) is 12.6. The Morgan fingerprint density at radius 3 is 2.11 bits per heavy atom. The second-order valence-corrected chi connectivity index (χ2v) is 6.32. The van der Waals surface area contributed by atoms with Gasteiger partial charge in [-0.25, -0.2) is 9.59 Å². The van der Waals surface area contributed by atoms with Gasteiger partial charge in [-0.2, -0.15) is 0 Å². The quantitative estimate of drug-likeness (QED) is 0.695. The number of rotatable bonds is 6. The maximum absolute atomic E-state index is 11.7. The van der Waals surface area contributed by atoms with Gasteiger partial charge in [0, 0.05) is 6.54 Å². The molecule has 0 aliphatic carbocycles. The normalized spacial score (nSPS) is 16.3. The molecule has 2 amide bonds. The number of urea groups is 1. The van der Waals surface area contributed by atoms with Crippen LogP contribution in [0.1, 0.15) is 48.0 Å². The van der Waals surface area contributed by atoms with Crippen molar-refractivity contribution in [2.45, 2.75) is 54.0 Å². The lowest BCUT2D eigenvalue weighted by atomic mass is 9.82. The van der Waals surface area contributed by atoms with Crippen LogP contribution in [0.3, 0.4) is 0 Å². The van der Waals surface area contributed by atoms with Crippen LogP contribution in [0.15, 0.2) is 0 Å². The summed E-state index contributed by atoms with van der Waals surface area (Å²) in [7, 11) is 0. The SMILES string of the molecule is CCC(C)C(NC(=O)NCC(C)C(C)(C)C)C(=O)O. The zero-order valence-corrected chi connectivity index (χ0v) is 12.9. The monoisotopic (exact) mass is 272 g/mol. The van der Waals surface area contributed by atoms with Crippen molar-refractivity contribution in [3.63, 3.8) is 0 Å². The zero-order chi connectivity index (χ0) is 15.2. The minimum absolute atomic E-state index is 0.0942. The summed E-state index contributed by atoms with van der Waals surface area (Å²) in [6.07, 6.45) is 0.704. The Balaban J connectivity index is 4.33. The Morgan fingerprint density at radius 1 is 1.21 bits per heavy atom. The third-order valence-corrected chi connectivity index (χ3v) is 3.81. The largest absolute Gasteiger partial charge is 0.480 e. The van der Waals surface area contributed by atoms with Gasteiger partial charge in [0.25, 0.3) is 0 Å². The molecule has 0 rings (SSSR count). The Hall–Kier alpha value is -1.26. The third kappa shape index (κ3) is 6.45. The van der Waals surface area contributed by atoms with E-state index in [2.05, 4.69) is 38.3 Å². The van der Waals surface area contributed by atoms with E-state index in [4.69, 9.17) is 5.11 Å². The van der Waals surface area contributed by atoms with Gasteiger partial charge in [-0.15, -0.1) is 0 Å². The molecule has 0 aliphatic rings. The highest BCUT2D eigenvalue weighted by Gasteiger charge is 2.26. The molecule has 0 heterocycles. The van der Waals surface area contributed by atoms with Crippen LogP contribution in [0.2, 0.25) is 0 Å². The molecule has 0 aromatic carbocycles. The molecule has 0 saturated heterocycles. The predicted molar refractivity (Wildman–Crippen MR) is 76.0 cm³/mol. The molecule has 5 heteroatoms. The van der Waals surface area contributed by atoms with Crippen LogP contribution < -0.4 is 10.6 Å². The van der Waals surface area contributed by atoms with Crippen LogP contribution in [0.4, 0.5) is 4.79 Å². The van der Waals surface area contributed by atoms with E-state index in [9.17, 15) is 9.59 Å². The van der Waals surface area contributed by atoms with Crippen molar-refractivity contribution in [2.24, 2.45) is 17.3 Å². The van der Waals surface area contributed by atoms with Gasteiger partial charge >= 0.3 is 12.0 Å². The minimum atomic E-state index is -0.992. The number of hydrogen-bond donors (Lipinski definition) is 3. The summed E-state index contributed by atoms with van der Waals surface area (Å²) < 4.78 is 0. The topological polar surface area (TPSA) is 78.4 Å². The highest BCUT2D eigenvalue weighted by atomic mass is 16.4. The average Bonchev–Trinajstić information content (AvgIpc) is 2.30. The Kier molecular flexibility index (Phi) is 6.87. The number of carbonyl (C=O) groups is 2. The Labute approximate surface area is 116 Å². The van der Waals surface area contributed by atoms with Gasteiger partial charge in [0.05, 0.1) is 0 Å². The lowest BCUT2D eigenvalue weighted by molar-refractivity contribution is -0.140. The summed E-state index contributed by atoms with van der Waals surface area (Å²) in [4.78, 5) is 22.8. The summed E-state index contributed by atoms with van der Waals surface area (Å²) in [5.41, 5.74) is 0.107. The van der Waals surface area contributed by atoms with E-state index in [0.29, 0.717) is 18.9 Å². The molecule has 0 saturated carbocycles. The highest BCUT2D eigenvalue weighted by Crippen LogP contribution is 2.24. The molecule has 0 aliphatic heterocycles. The third-order valence-electron chi connectivity index (χ3n) is 3.81. The summed E-state index contributed by atoms with van der Waals surface area (Å²) in [5.74, 6) is -0.776. The van der Waals surface area contributed by atoms with Gasteiger partial charge < -0.3 is 15.7 Å². The standard InChI is InChI=1S/C14H28N2O3/c1-7-9(2)11(12(17)18)16-13(19)15-8-10(3)14(4,5)6/h9-11H,7-8H2,1-6H3,(H,17,18)(H2,15,16,19). The molecule has 3 unspecified atom stereocenters. The van der Waals surface area contributed by atoms with E-state index in [1.54, 1.807) is 0 Å². The number of carboxylic acid groups (broad SMARTS) is 1. The maximum Gasteiger partial charge on any atom is 0.326 e. The highest BCUT2D eigenvalue weighted by molar-refractivity contribution is 5.82. The summed E-state index contributed by atoms with van der Waals surface area (Å²) in [6, 6.07) is -1.25. The zero-order valence-electron chi connectivity index (χ0n) is 12.9. The molecule has 0 fully saturated rings. The fourth-order valence-electron chi connectivity index (χ4n) is 1.43. The number of amides is 2. The second kappa shape index (κ2) is 7.36. The van der Waals surface area contributed by atoms with E-state index in [1.165, 1.54) is 0 Å². The number of aliphatic carboxylic acids is 1. The average molecular weight is 272 g/mol. The first-order chi connectivity index (χ1) is 8.59. The van der Waals surface area contributed by atoms with Crippen LogP contribution in [0.5, 0.6) is 0 Å². The van der Waals surface area contributed by atoms with Gasteiger partial charge in [0.15, 0.2) is 0 Å². The molecule has 112 valence electrons. The Morgan fingerprint density at radius 2 is 1.74 bits per heavy atom. The molecule has 0 radical (unpaired) electrons. The first kappa shape index (κ1) is 17.7. The van der Waals surface area contributed by atoms with E-state index >= 15 is 0 Å². The van der Waals surface area contributed by atoms with Crippen LogP contribution in [0, 0.1) is 17.3 Å². The first-order valence-electron chi connectivity index (χ1n) is 6.86.